The summed E-state index contributed by atoms with van der Waals surface area (Å²) in [6.07, 6.45) is -0.588. The molecule has 0 aliphatic carbocycles. The van der Waals surface area contributed by atoms with Crippen LogP contribution >= 0.6 is 0 Å². The van der Waals surface area contributed by atoms with E-state index in [0.717, 1.165) is 37.4 Å². The molecule has 0 radical (unpaired) electrons. The molecule has 1 N–H and O–H groups in total. The van der Waals surface area contributed by atoms with Crippen LogP contribution in [-0.4, -0.2) is 76.8 Å². The van der Waals surface area contributed by atoms with Crippen molar-refractivity contribution >= 4 is 5.69 Å². The van der Waals surface area contributed by atoms with Crippen molar-refractivity contribution in [3.05, 3.63) is 47.5 Å². The van der Waals surface area contributed by atoms with E-state index in [1.54, 1.807) is 21.3 Å². The molecule has 1 saturated heterocycles. The SMILES string of the molecule is COc1cc(COCC(O)CN2CCN(c3ccccc3C#N)CC2)cc(OC)c1OC. The van der Waals surface area contributed by atoms with E-state index in [4.69, 9.17) is 18.9 Å². The maximum atomic E-state index is 10.4. The molecule has 0 aromatic heterocycles. The number of rotatable bonds is 10. The monoisotopic (exact) mass is 441 g/mol. The van der Waals surface area contributed by atoms with Crippen LogP contribution in [0.25, 0.3) is 0 Å². The molecular formula is C24H31N3O5. The summed E-state index contributed by atoms with van der Waals surface area (Å²) >= 11 is 0. The van der Waals surface area contributed by atoms with Crippen molar-refractivity contribution < 1.29 is 24.1 Å². The predicted molar refractivity (Wildman–Crippen MR) is 122 cm³/mol. The minimum Gasteiger partial charge on any atom is -0.493 e. The molecule has 8 nitrogen and oxygen atoms in total. The van der Waals surface area contributed by atoms with E-state index in [2.05, 4.69) is 15.9 Å². The van der Waals surface area contributed by atoms with Gasteiger partial charge in [-0.25, -0.2) is 0 Å². The van der Waals surface area contributed by atoms with Crippen molar-refractivity contribution in [2.75, 3.05) is 65.6 Å². The molecule has 0 spiro atoms. The molecule has 0 saturated carbocycles. The largest absolute Gasteiger partial charge is 0.493 e. The number of benzene rings is 2. The first-order valence-electron chi connectivity index (χ1n) is 10.6. The fourth-order valence-electron chi connectivity index (χ4n) is 3.90. The molecule has 172 valence electrons. The van der Waals surface area contributed by atoms with Crippen LogP contribution in [-0.2, 0) is 11.3 Å². The van der Waals surface area contributed by atoms with Gasteiger partial charge in [-0.1, -0.05) is 12.1 Å². The molecule has 3 rings (SSSR count). The standard InChI is InChI=1S/C24H31N3O5/c1-29-22-12-18(13-23(30-2)24(22)31-3)16-32-17-20(28)15-26-8-10-27(11-9-26)21-7-5-4-6-19(21)14-25/h4-7,12-13,20,28H,8-11,15-17H2,1-3H3. The van der Waals surface area contributed by atoms with Gasteiger partial charge in [0, 0.05) is 32.7 Å². The van der Waals surface area contributed by atoms with E-state index in [9.17, 15) is 10.4 Å². The van der Waals surface area contributed by atoms with Crippen LogP contribution in [0.4, 0.5) is 5.69 Å². The first-order chi connectivity index (χ1) is 15.6. The van der Waals surface area contributed by atoms with Gasteiger partial charge in [-0.3, -0.25) is 4.90 Å². The summed E-state index contributed by atoms with van der Waals surface area (Å²) in [7, 11) is 4.71. The molecule has 0 bridgehead atoms. The van der Waals surface area contributed by atoms with Gasteiger partial charge in [0.1, 0.15) is 6.07 Å². The number of nitrogens with zero attached hydrogens (tertiary/aromatic N) is 3. The van der Waals surface area contributed by atoms with Gasteiger partial charge < -0.3 is 29.0 Å². The Morgan fingerprint density at radius 2 is 1.66 bits per heavy atom. The van der Waals surface area contributed by atoms with E-state index >= 15 is 0 Å². The van der Waals surface area contributed by atoms with Crippen molar-refractivity contribution in [2.45, 2.75) is 12.7 Å². The minimum atomic E-state index is -0.588. The lowest BCUT2D eigenvalue weighted by atomic mass is 10.1. The van der Waals surface area contributed by atoms with Crippen LogP contribution in [0.2, 0.25) is 0 Å². The number of nitriles is 1. The van der Waals surface area contributed by atoms with E-state index < -0.39 is 6.10 Å². The summed E-state index contributed by atoms with van der Waals surface area (Å²) in [6.45, 7) is 4.38. The van der Waals surface area contributed by atoms with Crippen LogP contribution in [0.5, 0.6) is 17.2 Å². The highest BCUT2D eigenvalue weighted by Crippen LogP contribution is 2.38. The Bertz CT molecular complexity index is 897. The number of para-hydroxylation sites is 1. The third-order valence-corrected chi connectivity index (χ3v) is 5.51. The highest BCUT2D eigenvalue weighted by atomic mass is 16.5. The topological polar surface area (TPSA) is 87.4 Å². The van der Waals surface area contributed by atoms with Gasteiger partial charge in [-0.2, -0.15) is 5.26 Å². The lowest BCUT2D eigenvalue weighted by Crippen LogP contribution is -2.49. The Balaban J connectivity index is 1.45. The Kier molecular flexibility index (Phi) is 8.56. The van der Waals surface area contributed by atoms with Crippen molar-refractivity contribution in [1.82, 2.24) is 4.90 Å². The lowest BCUT2D eigenvalue weighted by Gasteiger charge is -2.37. The Morgan fingerprint density at radius 3 is 2.25 bits per heavy atom. The van der Waals surface area contributed by atoms with Crippen LogP contribution in [0.1, 0.15) is 11.1 Å². The van der Waals surface area contributed by atoms with Gasteiger partial charge in [0.05, 0.1) is 51.9 Å². The third kappa shape index (κ3) is 5.82. The van der Waals surface area contributed by atoms with Crippen LogP contribution < -0.4 is 19.1 Å². The van der Waals surface area contributed by atoms with Gasteiger partial charge >= 0.3 is 0 Å². The summed E-state index contributed by atoms with van der Waals surface area (Å²) in [5, 5.41) is 19.8. The molecule has 2 aromatic carbocycles. The molecule has 1 unspecified atom stereocenters. The normalized spacial score (nSPS) is 15.2. The second kappa shape index (κ2) is 11.6. The number of β-amino-alcohol motifs (C(OH)–C–C–N with tert-alkyl or cyclic N) is 1. The molecule has 1 atom stereocenters. The highest BCUT2D eigenvalue weighted by molar-refractivity contribution is 5.59. The van der Waals surface area contributed by atoms with Gasteiger partial charge in [-0.05, 0) is 29.8 Å². The van der Waals surface area contributed by atoms with Gasteiger partial charge in [0.15, 0.2) is 11.5 Å². The third-order valence-electron chi connectivity index (χ3n) is 5.51. The maximum absolute atomic E-state index is 10.4. The van der Waals surface area contributed by atoms with Gasteiger partial charge in [0.25, 0.3) is 0 Å². The van der Waals surface area contributed by atoms with Gasteiger partial charge in [-0.15, -0.1) is 0 Å². The van der Waals surface area contributed by atoms with Crippen molar-refractivity contribution in [1.29, 1.82) is 5.26 Å². The zero-order valence-corrected chi connectivity index (χ0v) is 18.9. The van der Waals surface area contributed by atoms with Crippen LogP contribution in [0, 0.1) is 11.3 Å². The first-order valence-corrected chi connectivity index (χ1v) is 10.6. The summed E-state index contributed by atoms with van der Waals surface area (Å²) in [6, 6.07) is 13.6. The second-order valence-electron chi connectivity index (χ2n) is 7.62. The molecule has 8 heteroatoms. The Hall–Kier alpha value is -2.99. The molecule has 32 heavy (non-hydrogen) atoms. The highest BCUT2D eigenvalue weighted by Gasteiger charge is 2.21. The number of aliphatic hydroxyl groups is 1. The zero-order valence-electron chi connectivity index (χ0n) is 18.9. The van der Waals surface area contributed by atoms with Crippen molar-refractivity contribution in [2.24, 2.45) is 0 Å². The minimum absolute atomic E-state index is 0.230. The molecule has 1 fully saturated rings. The quantitative estimate of drug-likeness (QED) is 0.601. The summed E-state index contributed by atoms with van der Waals surface area (Å²) in [5.41, 5.74) is 2.54. The average Bonchev–Trinajstić information content (AvgIpc) is 2.83. The number of aliphatic hydroxyl groups excluding tert-OH is 1. The van der Waals surface area contributed by atoms with E-state index in [1.165, 1.54) is 0 Å². The Labute approximate surface area is 189 Å². The number of anilines is 1. The summed E-state index contributed by atoms with van der Waals surface area (Å²) in [5.74, 6) is 1.68. The Morgan fingerprint density at radius 1 is 1.00 bits per heavy atom. The van der Waals surface area contributed by atoms with E-state index in [1.807, 2.05) is 36.4 Å². The summed E-state index contributed by atoms with van der Waals surface area (Å²) < 4.78 is 21.8. The smallest absolute Gasteiger partial charge is 0.203 e. The fourth-order valence-corrected chi connectivity index (χ4v) is 3.90. The van der Waals surface area contributed by atoms with E-state index in [-0.39, 0.29) is 6.61 Å². The average molecular weight is 442 g/mol. The molecule has 0 amide bonds. The molecule has 2 aromatic rings. The second-order valence-corrected chi connectivity index (χ2v) is 7.62. The molecule has 1 aliphatic heterocycles. The molecule has 1 aliphatic rings. The van der Waals surface area contributed by atoms with Crippen molar-refractivity contribution in [3.63, 3.8) is 0 Å². The number of piperazine rings is 1. The van der Waals surface area contributed by atoms with Crippen LogP contribution in [0.3, 0.4) is 0 Å². The fraction of sp³-hybridized carbons (Fsp3) is 0.458. The number of methoxy groups -OCH3 is 3. The number of hydrogen-bond acceptors (Lipinski definition) is 8. The lowest BCUT2D eigenvalue weighted by molar-refractivity contribution is 0.00905. The number of ether oxygens (including phenoxy) is 4. The first kappa shape index (κ1) is 23.7. The van der Waals surface area contributed by atoms with E-state index in [0.29, 0.717) is 36.0 Å². The predicted octanol–water partition coefficient (Wildman–Crippen LogP) is 2.28. The van der Waals surface area contributed by atoms with Crippen molar-refractivity contribution in [3.8, 4) is 23.3 Å². The molecular weight excluding hydrogens is 410 g/mol. The van der Waals surface area contributed by atoms with Gasteiger partial charge in [0.2, 0.25) is 5.75 Å². The summed E-state index contributed by atoms with van der Waals surface area (Å²) in [4.78, 5) is 4.45. The molecule has 1 heterocycles. The number of hydrogen-bond donors (Lipinski definition) is 1. The zero-order chi connectivity index (χ0) is 22.9. The van der Waals surface area contributed by atoms with Crippen LogP contribution in [0.15, 0.2) is 36.4 Å². The maximum Gasteiger partial charge on any atom is 0.203 e.